The van der Waals surface area contributed by atoms with E-state index >= 15 is 0 Å². The van der Waals surface area contributed by atoms with Crippen LogP contribution < -0.4 is 0 Å². The summed E-state index contributed by atoms with van der Waals surface area (Å²) in [6, 6.07) is 4.02. The Bertz CT molecular complexity index is 671. The maximum Gasteiger partial charge on any atom is 0.157 e. The molecular formula is C12H16N2O2S. The van der Waals surface area contributed by atoms with Crippen molar-refractivity contribution in [2.75, 3.05) is 6.26 Å². The monoisotopic (exact) mass is 252 g/mol. The van der Waals surface area contributed by atoms with E-state index in [-0.39, 0.29) is 0 Å². The first-order chi connectivity index (χ1) is 7.79. The van der Waals surface area contributed by atoms with Crippen LogP contribution in [0.1, 0.15) is 29.1 Å². The van der Waals surface area contributed by atoms with E-state index in [1.54, 1.807) is 6.92 Å². The van der Waals surface area contributed by atoms with Crippen molar-refractivity contribution in [3.63, 3.8) is 0 Å². The average Bonchev–Trinajstić information content (AvgIpc) is 2.58. The number of nitrogens with one attached hydrogen (secondary N) is 1. The SMILES string of the molecule is Cc1cc(C)c2nc(C(C)S(C)(=O)=O)[nH]c2c1. The molecule has 4 nitrogen and oxygen atoms in total. The standard InChI is InChI=1S/C12H16N2O2S/c1-7-5-8(2)11-10(6-7)13-12(14-11)9(3)17(4,15)16/h5-6,9H,1-4H3,(H,13,14). The van der Waals surface area contributed by atoms with E-state index in [9.17, 15) is 8.42 Å². The molecule has 17 heavy (non-hydrogen) atoms. The Morgan fingerprint density at radius 2 is 1.94 bits per heavy atom. The van der Waals surface area contributed by atoms with Crippen molar-refractivity contribution in [2.45, 2.75) is 26.0 Å². The van der Waals surface area contributed by atoms with Gasteiger partial charge in [0.1, 0.15) is 11.1 Å². The number of aromatic amines is 1. The molecule has 0 aliphatic carbocycles. The Hall–Kier alpha value is -1.36. The highest BCUT2D eigenvalue weighted by molar-refractivity contribution is 7.90. The highest BCUT2D eigenvalue weighted by atomic mass is 32.2. The van der Waals surface area contributed by atoms with Crippen molar-refractivity contribution >= 4 is 20.9 Å². The number of benzene rings is 1. The molecule has 0 bridgehead atoms. The Kier molecular flexibility index (Phi) is 2.73. The number of imidazole rings is 1. The average molecular weight is 252 g/mol. The third kappa shape index (κ3) is 2.20. The van der Waals surface area contributed by atoms with Gasteiger partial charge in [-0.2, -0.15) is 0 Å². The molecule has 92 valence electrons. The van der Waals surface area contributed by atoms with E-state index < -0.39 is 15.1 Å². The molecule has 5 heteroatoms. The second kappa shape index (κ2) is 3.84. The molecule has 0 saturated carbocycles. The van der Waals surface area contributed by atoms with E-state index in [1.807, 2.05) is 26.0 Å². The van der Waals surface area contributed by atoms with Crippen LogP contribution in [-0.4, -0.2) is 24.6 Å². The number of rotatable bonds is 2. The summed E-state index contributed by atoms with van der Waals surface area (Å²) in [7, 11) is -3.12. The molecule has 1 unspecified atom stereocenters. The summed E-state index contributed by atoms with van der Waals surface area (Å²) < 4.78 is 23.0. The van der Waals surface area contributed by atoms with Gasteiger partial charge >= 0.3 is 0 Å². The summed E-state index contributed by atoms with van der Waals surface area (Å²) >= 11 is 0. The van der Waals surface area contributed by atoms with Gasteiger partial charge in [0.05, 0.1) is 11.0 Å². The van der Waals surface area contributed by atoms with Crippen LogP contribution in [0.4, 0.5) is 0 Å². The predicted octanol–water partition coefficient (Wildman–Crippen LogP) is 2.29. The van der Waals surface area contributed by atoms with Gasteiger partial charge in [-0.05, 0) is 38.0 Å². The van der Waals surface area contributed by atoms with E-state index in [0.29, 0.717) is 5.82 Å². The third-order valence-corrected chi connectivity index (χ3v) is 4.47. The first-order valence-electron chi connectivity index (χ1n) is 5.45. The van der Waals surface area contributed by atoms with Crippen molar-refractivity contribution in [3.05, 3.63) is 29.1 Å². The van der Waals surface area contributed by atoms with Gasteiger partial charge in [0.2, 0.25) is 0 Å². The summed E-state index contributed by atoms with van der Waals surface area (Å²) in [5.74, 6) is 0.510. The topological polar surface area (TPSA) is 62.8 Å². The summed E-state index contributed by atoms with van der Waals surface area (Å²) in [6.07, 6.45) is 1.23. The van der Waals surface area contributed by atoms with Gasteiger partial charge in [-0.15, -0.1) is 0 Å². The molecule has 2 rings (SSSR count). The fraction of sp³-hybridized carbons (Fsp3) is 0.417. The lowest BCUT2D eigenvalue weighted by Gasteiger charge is -2.04. The van der Waals surface area contributed by atoms with Crippen LogP contribution in [0.5, 0.6) is 0 Å². The van der Waals surface area contributed by atoms with Crippen LogP contribution in [-0.2, 0) is 9.84 Å². The van der Waals surface area contributed by atoms with Gasteiger partial charge in [-0.3, -0.25) is 0 Å². The minimum Gasteiger partial charge on any atom is -0.341 e. The van der Waals surface area contributed by atoms with E-state index in [2.05, 4.69) is 9.97 Å². The number of aromatic nitrogens is 2. The van der Waals surface area contributed by atoms with Crippen molar-refractivity contribution in [1.82, 2.24) is 9.97 Å². The number of sulfone groups is 1. The highest BCUT2D eigenvalue weighted by Gasteiger charge is 2.21. The molecule has 0 saturated heterocycles. The third-order valence-electron chi connectivity index (χ3n) is 2.97. The summed E-state index contributed by atoms with van der Waals surface area (Å²) in [4.78, 5) is 7.48. The number of nitrogens with zero attached hydrogens (tertiary/aromatic N) is 1. The largest absolute Gasteiger partial charge is 0.341 e. The van der Waals surface area contributed by atoms with Crippen LogP contribution in [0.25, 0.3) is 11.0 Å². The van der Waals surface area contributed by atoms with Crippen molar-refractivity contribution in [1.29, 1.82) is 0 Å². The predicted molar refractivity (Wildman–Crippen MR) is 68.8 cm³/mol. The first kappa shape index (κ1) is 12.1. The number of hydrogen-bond acceptors (Lipinski definition) is 3. The zero-order valence-corrected chi connectivity index (χ0v) is 11.2. The van der Waals surface area contributed by atoms with Crippen LogP contribution in [0.15, 0.2) is 12.1 Å². The Morgan fingerprint density at radius 1 is 1.29 bits per heavy atom. The Balaban J connectivity index is 2.63. The second-order valence-electron chi connectivity index (χ2n) is 4.57. The van der Waals surface area contributed by atoms with E-state index in [1.165, 1.54) is 6.26 Å². The fourth-order valence-electron chi connectivity index (χ4n) is 1.89. The summed E-state index contributed by atoms with van der Waals surface area (Å²) in [6.45, 7) is 5.63. The molecular weight excluding hydrogens is 236 g/mol. The highest BCUT2D eigenvalue weighted by Crippen LogP contribution is 2.24. The van der Waals surface area contributed by atoms with Gasteiger partial charge in [-0.25, -0.2) is 13.4 Å². The lowest BCUT2D eigenvalue weighted by molar-refractivity contribution is 0.590. The van der Waals surface area contributed by atoms with Crippen molar-refractivity contribution in [2.24, 2.45) is 0 Å². The van der Waals surface area contributed by atoms with Gasteiger partial charge in [0, 0.05) is 6.26 Å². The lowest BCUT2D eigenvalue weighted by Crippen LogP contribution is -2.09. The minimum absolute atomic E-state index is 0.510. The Labute approximate surface area is 101 Å². The minimum atomic E-state index is -3.12. The maximum atomic E-state index is 11.5. The fourth-order valence-corrected chi connectivity index (χ4v) is 2.40. The van der Waals surface area contributed by atoms with Crippen LogP contribution in [0.2, 0.25) is 0 Å². The van der Waals surface area contributed by atoms with E-state index in [0.717, 1.165) is 22.2 Å². The normalized spacial score (nSPS) is 14.1. The smallest absolute Gasteiger partial charge is 0.157 e. The molecule has 0 amide bonds. The summed E-state index contributed by atoms with van der Waals surface area (Å²) in [5.41, 5.74) is 3.94. The molecule has 0 aliphatic rings. The molecule has 1 atom stereocenters. The first-order valence-corrected chi connectivity index (χ1v) is 7.40. The molecule has 0 radical (unpaired) electrons. The Morgan fingerprint density at radius 3 is 2.53 bits per heavy atom. The number of fused-ring (bicyclic) bond motifs is 1. The quantitative estimate of drug-likeness (QED) is 0.892. The van der Waals surface area contributed by atoms with Crippen LogP contribution in [0.3, 0.4) is 0 Å². The van der Waals surface area contributed by atoms with Gasteiger partial charge in [-0.1, -0.05) is 6.07 Å². The zero-order valence-electron chi connectivity index (χ0n) is 10.4. The van der Waals surface area contributed by atoms with Crippen molar-refractivity contribution < 1.29 is 8.42 Å². The maximum absolute atomic E-state index is 11.5. The lowest BCUT2D eigenvalue weighted by atomic mass is 10.1. The van der Waals surface area contributed by atoms with Crippen molar-refractivity contribution in [3.8, 4) is 0 Å². The molecule has 1 aromatic heterocycles. The molecule has 2 aromatic rings. The van der Waals surface area contributed by atoms with Gasteiger partial charge < -0.3 is 4.98 Å². The molecule has 1 heterocycles. The van der Waals surface area contributed by atoms with Crippen LogP contribution in [0, 0.1) is 13.8 Å². The van der Waals surface area contributed by atoms with Gasteiger partial charge in [0.25, 0.3) is 0 Å². The van der Waals surface area contributed by atoms with Gasteiger partial charge in [0.15, 0.2) is 9.84 Å². The molecule has 0 aliphatic heterocycles. The van der Waals surface area contributed by atoms with E-state index in [4.69, 9.17) is 0 Å². The zero-order chi connectivity index (χ0) is 12.8. The summed E-state index contributed by atoms with van der Waals surface area (Å²) in [5, 5.41) is -0.602. The molecule has 1 N–H and O–H groups in total. The second-order valence-corrected chi connectivity index (χ2v) is 6.94. The number of H-pyrrole nitrogens is 1. The molecule has 1 aromatic carbocycles. The number of aryl methyl sites for hydroxylation is 2. The molecule has 0 spiro atoms. The molecule has 0 fully saturated rings. The van der Waals surface area contributed by atoms with Crippen LogP contribution >= 0.6 is 0 Å². The number of hydrogen-bond donors (Lipinski definition) is 1.